The minimum Gasteiger partial charge on any atom is -0.481 e. The van der Waals surface area contributed by atoms with Crippen LogP contribution in [0.3, 0.4) is 0 Å². The third-order valence-corrected chi connectivity index (χ3v) is 3.69. The van der Waals surface area contributed by atoms with Gasteiger partial charge < -0.3 is 15.8 Å². The molecule has 4 nitrogen and oxygen atoms in total. The van der Waals surface area contributed by atoms with Crippen molar-refractivity contribution >= 4 is 16.9 Å². The minimum atomic E-state index is -0.859. The van der Waals surface area contributed by atoms with Gasteiger partial charge in [-0.2, -0.15) is 0 Å². The molecule has 4 N–H and O–H groups in total. The molecule has 1 aromatic heterocycles. The first kappa shape index (κ1) is 11.3. The van der Waals surface area contributed by atoms with Crippen LogP contribution >= 0.6 is 0 Å². The molecule has 0 radical (unpaired) electrons. The normalized spacial score (nSPS) is 15.8. The SMILES string of the molecule is NC(CC(=O)O)c1ccc2[nH]c3c(c2c1)CCC3. The van der Waals surface area contributed by atoms with Gasteiger partial charge in [-0.3, -0.25) is 4.79 Å². The van der Waals surface area contributed by atoms with Gasteiger partial charge in [0.15, 0.2) is 0 Å². The van der Waals surface area contributed by atoms with Crippen molar-refractivity contribution in [1.82, 2.24) is 4.98 Å². The Labute approximate surface area is 105 Å². The van der Waals surface area contributed by atoms with Crippen LogP contribution in [-0.2, 0) is 17.6 Å². The molecule has 0 saturated carbocycles. The number of nitrogens with two attached hydrogens (primary N) is 1. The van der Waals surface area contributed by atoms with Gasteiger partial charge in [0.25, 0.3) is 0 Å². The lowest BCUT2D eigenvalue weighted by molar-refractivity contribution is -0.137. The van der Waals surface area contributed by atoms with Gasteiger partial charge in [-0.05, 0) is 42.5 Å². The Kier molecular flexibility index (Phi) is 2.59. The van der Waals surface area contributed by atoms with Gasteiger partial charge in [0.1, 0.15) is 0 Å². The van der Waals surface area contributed by atoms with Gasteiger partial charge in [0.2, 0.25) is 0 Å². The first-order valence-electron chi connectivity index (χ1n) is 6.26. The number of carboxylic acids is 1. The average molecular weight is 244 g/mol. The summed E-state index contributed by atoms with van der Waals surface area (Å²) in [5, 5.41) is 10.00. The summed E-state index contributed by atoms with van der Waals surface area (Å²) in [7, 11) is 0. The molecule has 4 heteroatoms. The summed E-state index contributed by atoms with van der Waals surface area (Å²) in [5.41, 5.74) is 10.7. The van der Waals surface area contributed by atoms with E-state index in [9.17, 15) is 4.79 Å². The molecule has 0 amide bonds. The second-order valence-corrected chi connectivity index (χ2v) is 4.95. The quantitative estimate of drug-likeness (QED) is 0.773. The Morgan fingerprint density at radius 1 is 1.44 bits per heavy atom. The summed E-state index contributed by atoms with van der Waals surface area (Å²) in [5.74, 6) is -0.859. The second-order valence-electron chi connectivity index (χ2n) is 4.95. The van der Waals surface area contributed by atoms with Gasteiger partial charge in [-0.25, -0.2) is 0 Å². The number of rotatable bonds is 3. The standard InChI is InChI=1S/C14H16N2O2/c15-11(7-14(17)18)8-4-5-13-10(6-8)9-2-1-3-12(9)16-13/h4-6,11,16H,1-3,7,15H2,(H,17,18). The maximum atomic E-state index is 10.7. The van der Waals surface area contributed by atoms with E-state index in [1.807, 2.05) is 18.2 Å². The Hall–Kier alpha value is -1.81. The van der Waals surface area contributed by atoms with Crippen LogP contribution in [0.1, 0.15) is 35.7 Å². The zero-order valence-electron chi connectivity index (χ0n) is 10.1. The number of aryl methyl sites for hydroxylation is 2. The Balaban J connectivity index is 2.02. The molecule has 1 atom stereocenters. The molecule has 0 bridgehead atoms. The van der Waals surface area contributed by atoms with Crippen molar-refractivity contribution in [2.75, 3.05) is 0 Å². The average Bonchev–Trinajstić information content (AvgIpc) is 2.87. The van der Waals surface area contributed by atoms with Gasteiger partial charge in [-0.15, -0.1) is 0 Å². The maximum Gasteiger partial charge on any atom is 0.305 e. The summed E-state index contributed by atoms with van der Waals surface area (Å²) in [6, 6.07) is 5.54. The monoisotopic (exact) mass is 244 g/mol. The Morgan fingerprint density at radius 3 is 3.06 bits per heavy atom. The van der Waals surface area contributed by atoms with Crippen molar-refractivity contribution in [2.45, 2.75) is 31.7 Å². The summed E-state index contributed by atoms with van der Waals surface area (Å²) < 4.78 is 0. The van der Waals surface area contributed by atoms with E-state index in [4.69, 9.17) is 10.8 Å². The minimum absolute atomic E-state index is 0.0296. The van der Waals surface area contributed by atoms with E-state index in [2.05, 4.69) is 4.98 Å². The number of aromatic amines is 1. The molecule has 0 aliphatic heterocycles. The van der Waals surface area contributed by atoms with Gasteiger partial charge >= 0.3 is 5.97 Å². The molecule has 1 unspecified atom stereocenters. The molecule has 2 aromatic rings. The summed E-state index contributed by atoms with van der Waals surface area (Å²) in [4.78, 5) is 14.1. The molecule has 1 aromatic carbocycles. The highest BCUT2D eigenvalue weighted by molar-refractivity contribution is 5.86. The van der Waals surface area contributed by atoms with E-state index in [0.29, 0.717) is 0 Å². The Morgan fingerprint density at radius 2 is 2.28 bits per heavy atom. The predicted molar refractivity (Wildman–Crippen MR) is 69.5 cm³/mol. The van der Waals surface area contributed by atoms with E-state index in [-0.39, 0.29) is 6.42 Å². The van der Waals surface area contributed by atoms with Crippen LogP contribution in [0.2, 0.25) is 0 Å². The lowest BCUT2D eigenvalue weighted by Crippen LogP contribution is -2.14. The third kappa shape index (κ3) is 1.78. The lowest BCUT2D eigenvalue weighted by atomic mass is 10.0. The van der Waals surface area contributed by atoms with E-state index < -0.39 is 12.0 Å². The number of aromatic nitrogens is 1. The van der Waals surface area contributed by atoms with Gasteiger partial charge in [-0.1, -0.05) is 6.07 Å². The van der Waals surface area contributed by atoms with Crippen LogP contribution in [-0.4, -0.2) is 16.1 Å². The van der Waals surface area contributed by atoms with Crippen molar-refractivity contribution in [3.63, 3.8) is 0 Å². The zero-order valence-corrected chi connectivity index (χ0v) is 10.1. The molecule has 94 valence electrons. The second kappa shape index (κ2) is 4.14. The number of benzene rings is 1. The van der Waals surface area contributed by atoms with E-state index in [1.165, 1.54) is 23.1 Å². The topological polar surface area (TPSA) is 79.1 Å². The fraction of sp³-hybridized carbons (Fsp3) is 0.357. The molecule has 18 heavy (non-hydrogen) atoms. The largest absolute Gasteiger partial charge is 0.481 e. The number of H-pyrrole nitrogens is 1. The van der Waals surface area contributed by atoms with Crippen LogP contribution in [0, 0.1) is 0 Å². The highest BCUT2D eigenvalue weighted by Crippen LogP contribution is 2.31. The van der Waals surface area contributed by atoms with E-state index in [1.54, 1.807) is 0 Å². The number of fused-ring (bicyclic) bond motifs is 3. The molecular weight excluding hydrogens is 228 g/mol. The molecule has 3 rings (SSSR count). The molecule has 1 aliphatic rings. The maximum absolute atomic E-state index is 10.7. The van der Waals surface area contributed by atoms with Crippen LogP contribution in [0.4, 0.5) is 0 Å². The summed E-state index contributed by atoms with van der Waals surface area (Å²) in [6.07, 6.45) is 3.38. The number of hydrogen-bond acceptors (Lipinski definition) is 2. The van der Waals surface area contributed by atoms with E-state index >= 15 is 0 Å². The Bertz CT molecular complexity index is 616. The molecule has 0 fully saturated rings. The fourth-order valence-corrected chi connectivity index (χ4v) is 2.80. The fourth-order valence-electron chi connectivity index (χ4n) is 2.80. The van der Waals surface area contributed by atoms with Gasteiger partial charge in [0, 0.05) is 22.6 Å². The number of carboxylic acid groups (broad SMARTS) is 1. The molecule has 0 spiro atoms. The van der Waals surface area contributed by atoms with Crippen molar-refractivity contribution in [3.05, 3.63) is 35.0 Å². The highest BCUT2D eigenvalue weighted by Gasteiger charge is 2.18. The molecular formula is C14H16N2O2. The first-order valence-corrected chi connectivity index (χ1v) is 6.26. The number of nitrogens with one attached hydrogen (secondary N) is 1. The van der Waals surface area contributed by atoms with Crippen LogP contribution in [0.25, 0.3) is 10.9 Å². The van der Waals surface area contributed by atoms with Crippen LogP contribution in [0.15, 0.2) is 18.2 Å². The molecule has 0 saturated heterocycles. The lowest BCUT2D eigenvalue weighted by Gasteiger charge is -2.09. The highest BCUT2D eigenvalue weighted by atomic mass is 16.4. The predicted octanol–water partition coefficient (Wildman–Crippen LogP) is 2.13. The zero-order chi connectivity index (χ0) is 12.7. The number of hydrogen-bond donors (Lipinski definition) is 3. The van der Waals surface area contributed by atoms with E-state index in [0.717, 1.165) is 23.9 Å². The molecule has 1 aliphatic carbocycles. The number of aliphatic carboxylic acids is 1. The van der Waals surface area contributed by atoms with Crippen LogP contribution < -0.4 is 5.73 Å². The third-order valence-electron chi connectivity index (χ3n) is 3.69. The van der Waals surface area contributed by atoms with Crippen molar-refractivity contribution in [1.29, 1.82) is 0 Å². The number of carbonyl (C=O) groups is 1. The van der Waals surface area contributed by atoms with Gasteiger partial charge in [0.05, 0.1) is 6.42 Å². The molecule has 1 heterocycles. The van der Waals surface area contributed by atoms with Crippen LogP contribution in [0.5, 0.6) is 0 Å². The van der Waals surface area contributed by atoms with Crippen molar-refractivity contribution < 1.29 is 9.90 Å². The van der Waals surface area contributed by atoms with Crippen molar-refractivity contribution in [3.8, 4) is 0 Å². The first-order chi connectivity index (χ1) is 8.65. The van der Waals surface area contributed by atoms with Crippen molar-refractivity contribution in [2.24, 2.45) is 5.73 Å². The smallest absolute Gasteiger partial charge is 0.305 e. The summed E-state index contributed by atoms with van der Waals surface area (Å²) >= 11 is 0. The summed E-state index contributed by atoms with van der Waals surface area (Å²) in [6.45, 7) is 0.